The number of hydrogen-bond acceptors (Lipinski definition) is 8. The van der Waals surface area contributed by atoms with Crippen LogP contribution < -0.4 is 15.6 Å². The van der Waals surface area contributed by atoms with Crippen molar-refractivity contribution in [3.05, 3.63) is 113 Å². The second kappa shape index (κ2) is 12.9. The SMILES string of the molecule is Cc1ccc(Nc2nc(N/N=C/c3ccc(-c4cccc(Cl)c4)o3)nc(N3CCC(Cc4ccccc4)CC3)n2)cc1. The summed E-state index contributed by atoms with van der Waals surface area (Å²) in [7, 11) is 0. The zero-order chi connectivity index (χ0) is 28.7. The second-order valence-corrected chi connectivity index (χ2v) is 10.9. The Bertz CT molecular complexity index is 1650. The third kappa shape index (κ3) is 7.14. The van der Waals surface area contributed by atoms with Crippen molar-refractivity contribution >= 4 is 41.3 Å². The van der Waals surface area contributed by atoms with Gasteiger partial charge in [-0.05, 0) is 74.1 Å². The van der Waals surface area contributed by atoms with Crippen molar-refractivity contribution in [2.45, 2.75) is 26.2 Å². The summed E-state index contributed by atoms with van der Waals surface area (Å²) in [6.45, 7) is 3.82. The van der Waals surface area contributed by atoms with Gasteiger partial charge in [0, 0.05) is 29.4 Å². The third-order valence-electron chi connectivity index (χ3n) is 7.29. The Balaban J connectivity index is 1.17. The third-order valence-corrected chi connectivity index (χ3v) is 7.52. The van der Waals surface area contributed by atoms with Crippen LogP contribution in [0.25, 0.3) is 11.3 Å². The quantitative estimate of drug-likeness (QED) is 0.137. The molecule has 1 fully saturated rings. The predicted octanol–water partition coefficient (Wildman–Crippen LogP) is 7.74. The molecule has 0 bridgehead atoms. The van der Waals surface area contributed by atoms with Gasteiger partial charge in [0.05, 0.1) is 6.21 Å². The maximum absolute atomic E-state index is 6.13. The van der Waals surface area contributed by atoms with Gasteiger partial charge in [-0.2, -0.15) is 20.1 Å². The van der Waals surface area contributed by atoms with Crippen molar-refractivity contribution in [2.75, 3.05) is 28.7 Å². The average molecular weight is 578 g/mol. The highest BCUT2D eigenvalue weighted by atomic mass is 35.5. The highest BCUT2D eigenvalue weighted by Gasteiger charge is 2.22. The molecular formula is C33H32ClN7O. The van der Waals surface area contributed by atoms with Crippen LogP contribution in [0.15, 0.2) is 101 Å². The summed E-state index contributed by atoms with van der Waals surface area (Å²) in [4.78, 5) is 16.3. The van der Waals surface area contributed by atoms with Gasteiger partial charge in [-0.3, -0.25) is 0 Å². The summed E-state index contributed by atoms with van der Waals surface area (Å²) >= 11 is 6.13. The number of anilines is 4. The molecule has 1 saturated heterocycles. The molecule has 42 heavy (non-hydrogen) atoms. The van der Waals surface area contributed by atoms with Crippen LogP contribution in [0.1, 0.15) is 29.7 Å². The first-order valence-electron chi connectivity index (χ1n) is 14.1. The summed E-state index contributed by atoms with van der Waals surface area (Å²) in [5, 5.41) is 8.32. The number of furan rings is 1. The summed E-state index contributed by atoms with van der Waals surface area (Å²) in [6, 6.07) is 30.1. The zero-order valence-electron chi connectivity index (χ0n) is 23.4. The number of benzene rings is 3. The lowest BCUT2D eigenvalue weighted by Gasteiger charge is -2.32. The maximum Gasteiger partial charge on any atom is 0.250 e. The van der Waals surface area contributed by atoms with Gasteiger partial charge in [-0.1, -0.05) is 71.8 Å². The Morgan fingerprint density at radius 3 is 2.48 bits per heavy atom. The number of rotatable bonds is 9. The van der Waals surface area contributed by atoms with Crippen LogP contribution in [0.5, 0.6) is 0 Å². The van der Waals surface area contributed by atoms with E-state index in [9.17, 15) is 0 Å². The molecule has 0 radical (unpaired) electrons. The first-order valence-corrected chi connectivity index (χ1v) is 14.5. The van der Waals surface area contributed by atoms with Crippen molar-refractivity contribution in [2.24, 2.45) is 11.0 Å². The van der Waals surface area contributed by atoms with E-state index in [2.05, 4.69) is 63.0 Å². The van der Waals surface area contributed by atoms with Gasteiger partial charge in [0.25, 0.3) is 0 Å². The Labute approximate surface area is 250 Å². The number of piperidine rings is 1. The van der Waals surface area contributed by atoms with Crippen molar-refractivity contribution in [3.63, 3.8) is 0 Å². The van der Waals surface area contributed by atoms with Gasteiger partial charge in [0.2, 0.25) is 17.8 Å². The topological polar surface area (TPSA) is 91.5 Å². The molecule has 0 aliphatic carbocycles. The summed E-state index contributed by atoms with van der Waals surface area (Å²) in [6.07, 6.45) is 4.85. The smallest absolute Gasteiger partial charge is 0.250 e. The molecule has 2 aromatic heterocycles. The number of hydrogen-bond donors (Lipinski definition) is 2. The second-order valence-electron chi connectivity index (χ2n) is 10.5. The van der Waals surface area contributed by atoms with Gasteiger partial charge in [0.15, 0.2) is 0 Å². The van der Waals surface area contributed by atoms with Gasteiger partial charge in [-0.25, -0.2) is 5.43 Å². The first kappa shape index (κ1) is 27.5. The number of halogens is 1. The lowest BCUT2D eigenvalue weighted by molar-refractivity contribution is 0.400. The van der Waals surface area contributed by atoms with E-state index >= 15 is 0 Å². The number of aryl methyl sites for hydroxylation is 1. The summed E-state index contributed by atoms with van der Waals surface area (Å²) in [5.41, 5.74) is 7.34. The largest absolute Gasteiger partial charge is 0.455 e. The first-order chi connectivity index (χ1) is 20.6. The average Bonchev–Trinajstić information content (AvgIpc) is 3.48. The molecule has 1 aliphatic heterocycles. The fraction of sp³-hybridized carbons (Fsp3) is 0.212. The zero-order valence-corrected chi connectivity index (χ0v) is 24.1. The summed E-state index contributed by atoms with van der Waals surface area (Å²) < 4.78 is 5.92. The van der Waals surface area contributed by atoms with E-state index < -0.39 is 0 Å². The minimum absolute atomic E-state index is 0.346. The lowest BCUT2D eigenvalue weighted by atomic mass is 9.90. The van der Waals surface area contributed by atoms with Crippen LogP contribution in [0.3, 0.4) is 0 Å². The molecule has 0 unspecified atom stereocenters. The highest BCUT2D eigenvalue weighted by molar-refractivity contribution is 6.30. The van der Waals surface area contributed by atoms with Gasteiger partial charge >= 0.3 is 0 Å². The Morgan fingerprint density at radius 2 is 1.69 bits per heavy atom. The number of aromatic nitrogens is 3. The molecule has 9 heteroatoms. The molecule has 0 saturated carbocycles. The van der Waals surface area contributed by atoms with Crippen LogP contribution >= 0.6 is 11.6 Å². The van der Waals surface area contributed by atoms with Gasteiger partial charge in [0.1, 0.15) is 11.5 Å². The molecule has 0 spiro atoms. The van der Waals surface area contributed by atoms with E-state index in [1.807, 2.05) is 60.7 Å². The summed E-state index contributed by atoms with van der Waals surface area (Å²) in [5.74, 6) is 3.36. The molecule has 6 rings (SSSR count). The molecule has 0 amide bonds. The lowest BCUT2D eigenvalue weighted by Crippen LogP contribution is -2.35. The van der Waals surface area contributed by atoms with Crippen LogP contribution in [-0.4, -0.2) is 34.3 Å². The minimum Gasteiger partial charge on any atom is -0.455 e. The molecule has 3 aromatic carbocycles. The number of hydrazone groups is 1. The standard InChI is InChI=1S/C33H32ClN7O/c1-23-10-12-28(13-11-23)36-31-37-32(40-35-22-29-14-15-30(42-29)26-8-5-9-27(34)21-26)39-33(38-31)41-18-16-25(17-19-41)20-24-6-3-2-4-7-24/h2-15,21-22,25H,16-20H2,1H3,(H2,36,37,38,39,40)/b35-22+. The van der Waals surface area contributed by atoms with E-state index in [1.54, 1.807) is 6.21 Å². The monoisotopic (exact) mass is 577 g/mol. The van der Waals surface area contributed by atoms with Crippen molar-refractivity contribution in [3.8, 4) is 11.3 Å². The van der Waals surface area contributed by atoms with Crippen LogP contribution in [0.4, 0.5) is 23.5 Å². The molecule has 2 N–H and O–H groups in total. The number of nitrogens with zero attached hydrogens (tertiary/aromatic N) is 5. The Morgan fingerprint density at radius 1 is 0.905 bits per heavy atom. The fourth-order valence-corrected chi connectivity index (χ4v) is 5.23. The minimum atomic E-state index is 0.346. The number of nitrogens with one attached hydrogen (secondary N) is 2. The normalized spacial score (nSPS) is 13.9. The van der Waals surface area contributed by atoms with Gasteiger partial charge < -0.3 is 14.6 Å². The van der Waals surface area contributed by atoms with Crippen molar-refractivity contribution < 1.29 is 4.42 Å². The fourth-order valence-electron chi connectivity index (χ4n) is 5.04. The molecule has 8 nitrogen and oxygen atoms in total. The molecule has 212 valence electrons. The molecule has 5 aromatic rings. The van der Waals surface area contributed by atoms with E-state index in [4.69, 9.17) is 26.0 Å². The Hall–Kier alpha value is -4.69. The van der Waals surface area contributed by atoms with Crippen LogP contribution in [-0.2, 0) is 6.42 Å². The molecule has 1 aliphatic rings. The molecule has 3 heterocycles. The van der Waals surface area contributed by atoms with Crippen LogP contribution in [0.2, 0.25) is 5.02 Å². The van der Waals surface area contributed by atoms with Crippen molar-refractivity contribution in [1.82, 2.24) is 15.0 Å². The Kier molecular flexibility index (Phi) is 8.42. The molecular weight excluding hydrogens is 546 g/mol. The van der Waals surface area contributed by atoms with Gasteiger partial charge in [-0.15, -0.1) is 0 Å². The van der Waals surface area contributed by atoms with E-state index in [-0.39, 0.29) is 0 Å². The van der Waals surface area contributed by atoms with E-state index in [0.29, 0.717) is 40.3 Å². The highest BCUT2D eigenvalue weighted by Crippen LogP contribution is 2.27. The van der Waals surface area contributed by atoms with E-state index in [0.717, 1.165) is 43.6 Å². The maximum atomic E-state index is 6.13. The van der Waals surface area contributed by atoms with Crippen molar-refractivity contribution in [1.29, 1.82) is 0 Å². The van der Waals surface area contributed by atoms with Crippen LogP contribution in [0, 0.1) is 12.8 Å². The molecule has 0 atom stereocenters. The van der Waals surface area contributed by atoms with E-state index in [1.165, 1.54) is 11.1 Å². The predicted molar refractivity (Wildman–Crippen MR) is 170 cm³/mol.